The van der Waals surface area contributed by atoms with Crippen molar-refractivity contribution in [1.82, 2.24) is 20.1 Å². The monoisotopic (exact) mass is 514 g/mol. The molecule has 0 spiro atoms. The predicted molar refractivity (Wildman–Crippen MR) is 125 cm³/mol. The Bertz CT molecular complexity index is 1370. The van der Waals surface area contributed by atoms with Gasteiger partial charge in [0.05, 0.1) is 23.4 Å². The number of thioether (sulfide) groups is 1. The molecular formula is C25H18F4N4O2S. The van der Waals surface area contributed by atoms with Gasteiger partial charge in [-0.25, -0.2) is 4.39 Å². The third-order valence-corrected chi connectivity index (χ3v) is 6.03. The first kappa shape index (κ1) is 25.1. The zero-order chi connectivity index (χ0) is 25.7. The number of alkyl halides is 3. The number of Topliss-reactive ketones (excluding diaryl/α,β-unsaturated/α-hetero) is 1. The van der Waals surface area contributed by atoms with Crippen LogP contribution < -0.4 is 5.32 Å². The topological polar surface area (TPSA) is 76.9 Å². The van der Waals surface area contributed by atoms with Crippen molar-refractivity contribution in [2.45, 2.75) is 17.9 Å². The summed E-state index contributed by atoms with van der Waals surface area (Å²) in [5.74, 6) is -1.33. The second-order valence-electron chi connectivity index (χ2n) is 7.51. The maximum atomic E-state index is 13.5. The van der Waals surface area contributed by atoms with Gasteiger partial charge in [0.15, 0.2) is 16.8 Å². The highest BCUT2D eigenvalue weighted by molar-refractivity contribution is 7.99. The summed E-state index contributed by atoms with van der Waals surface area (Å²) in [6.45, 7) is -0.261. The van der Waals surface area contributed by atoms with Crippen LogP contribution in [0.5, 0.6) is 0 Å². The minimum Gasteiger partial charge on any atom is -0.345 e. The van der Waals surface area contributed by atoms with E-state index in [0.717, 1.165) is 23.9 Å². The standard InChI is InChI=1S/C25H18F4N4O2S/c26-17-10-12-18(13-11-17)33-22(14-30-23(35)19-8-4-5-9-20(19)25(27,28)29)31-32-24(33)36-15-21(34)16-6-2-1-3-7-16/h1-13H,14-15H2,(H,30,35). The van der Waals surface area contributed by atoms with Gasteiger partial charge in [-0.2, -0.15) is 13.2 Å². The summed E-state index contributed by atoms with van der Waals surface area (Å²) in [4.78, 5) is 25.1. The van der Waals surface area contributed by atoms with Gasteiger partial charge in [0, 0.05) is 11.3 Å². The number of rotatable bonds is 8. The van der Waals surface area contributed by atoms with Gasteiger partial charge in [-0.15, -0.1) is 10.2 Å². The number of carbonyl (C=O) groups is 2. The van der Waals surface area contributed by atoms with Gasteiger partial charge in [-0.1, -0.05) is 54.2 Å². The van der Waals surface area contributed by atoms with E-state index < -0.39 is 29.0 Å². The lowest BCUT2D eigenvalue weighted by Gasteiger charge is -2.13. The van der Waals surface area contributed by atoms with E-state index >= 15 is 0 Å². The lowest BCUT2D eigenvalue weighted by molar-refractivity contribution is -0.137. The molecular weight excluding hydrogens is 496 g/mol. The van der Waals surface area contributed by atoms with Crippen molar-refractivity contribution in [2.75, 3.05) is 5.75 Å². The van der Waals surface area contributed by atoms with Crippen molar-refractivity contribution in [3.63, 3.8) is 0 Å². The largest absolute Gasteiger partial charge is 0.417 e. The zero-order valence-electron chi connectivity index (χ0n) is 18.5. The third-order valence-electron chi connectivity index (χ3n) is 5.10. The smallest absolute Gasteiger partial charge is 0.345 e. The fourth-order valence-corrected chi connectivity index (χ4v) is 4.24. The zero-order valence-corrected chi connectivity index (χ0v) is 19.3. The van der Waals surface area contributed by atoms with Gasteiger partial charge < -0.3 is 5.32 Å². The fraction of sp³-hybridized carbons (Fsp3) is 0.120. The van der Waals surface area contributed by atoms with Gasteiger partial charge in [-0.05, 0) is 36.4 Å². The Morgan fingerprint density at radius 2 is 1.56 bits per heavy atom. The van der Waals surface area contributed by atoms with Gasteiger partial charge in [0.25, 0.3) is 5.91 Å². The van der Waals surface area contributed by atoms with Crippen LogP contribution in [-0.2, 0) is 12.7 Å². The summed E-state index contributed by atoms with van der Waals surface area (Å²) >= 11 is 1.09. The number of carbonyl (C=O) groups excluding carboxylic acids is 2. The number of hydrogen-bond donors (Lipinski definition) is 1. The number of hydrogen-bond acceptors (Lipinski definition) is 5. The molecule has 4 aromatic rings. The number of halogens is 4. The Morgan fingerprint density at radius 1 is 0.889 bits per heavy atom. The van der Waals surface area contributed by atoms with Crippen molar-refractivity contribution in [2.24, 2.45) is 0 Å². The van der Waals surface area contributed by atoms with E-state index in [1.165, 1.54) is 41.0 Å². The Balaban J connectivity index is 1.57. The molecule has 184 valence electrons. The van der Waals surface area contributed by atoms with Crippen LogP contribution in [0.25, 0.3) is 5.69 Å². The Kier molecular flexibility index (Phi) is 7.49. The molecule has 1 heterocycles. The molecule has 0 aliphatic carbocycles. The minimum atomic E-state index is -4.70. The summed E-state index contributed by atoms with van der Waals surface area (Å²) < 4.78 is 54.9. The Morgan fingerprint density at radius 3 is 2.25 bits per heavy atom. The van der Waals surface area contributed by atoms with Gasteiger partial charge >= 0.3 is 6.18 Å². The molecule has 36 heavy (non-hydrogen) atoms. The first-order valence-electron chi connectivity index (χ1n) is 10.6. The first-order chi connectivity index (χ1) is 17.2. The number of amides is 1. The SMILES string of the molecule is O=C(CSc1nnc(CNC(=O)c2ccccc2C(F)(F)F)n1-c1ccc(F)cc1)c1ccccc1. The van der Waals surface area contributed by atoms with Crippen molar-refractivity contribution >= 4 is 23.5 Å². The highest BCUT2D eigenvalue weighted by Crippen LogP contribution is 2.32. The summed E-state index contributed by atoms with van der Waals surface area (Å²) in [5, 5.41) is 10.9. The Hall–Kier alpha value is -3.99. The lowest BCUT2D eigenvalue weighted by atomic mass is 10.1. The Labute approximate surface area is 207 Å². The highest BCUT2D eigenvalue weighted by Gasteiger charge is 2.34. The van der Waals surface area contributed by atoms with Crippen LogP contribution in [-0.4, -0.2) is 32.2 Å². The molecule has 0 bridgehead atoms. The maximum absolute atomic E-state index is 13.5. The molecule has 0 unspecified atom stereocenters. The van der Waals surface area contributed by atoms with E-state index in [4.69, 9.17) is 0 Å². The third kappa shape index (κ3) is 5.80. The second-order valence-corrected chi connectivity index (χ2v) is 8.46. The first-order valence-corrected chi connectivity index (χ1v) is 11.6. The van der Waals surface area contributed by atoms with E-state index in [-0.39, 0.29) is 23.9 Å². The minimum absolute atomic E-state index is 0.0364. The number of ketones is 1. The van der Waals surface area contributed by atoms with Crippen LogP contribution in [0.15, 0.2) is 84.0 Å². The number of aromatic nitrogens is 3. The normalized spacial score (nSPS) is 11.3. The quantitative estimate of drug-likeness (QED) is 0.195. The van der Waals surface area contributed by atoms with Crippen molar-refractivity contribution in [3.8, 4) is 5.69 Å². The molecule has 0 fully saturated rings. The molecule has 0 aliphatic rings. The lowest BCUT2D eigenvalue weighted by Crippen LogP contribution is -2.27. The highest BCUT2D eigenvalue weighted by atomic mass is 32.2. The van der Waals surface area contributed by atoms with Crippen LogP contribution in [0.1, 0.15) is 32.1 Å². The molecule has 1 aromatic heterocycles. The average molecular weight is 515 g/mol. The molecule has 0 aliphatic heterocycles. The molecule has 3 aromatic carbocycles. The van der Waals surface area contributed by atoms with E-state index in [1.807, 2.05) is 0 Å². The second kappa shape index (κ2) is 10.7. The predicted octanol–water partition coefficient (Wildman–Crippen LogP) is 5.33. The van der Waals surface area contributed by atoms with Crippen LogP contribution >= 0.6 is 11.8 Å². The molecule has 6 nitrogen and oxygen atoms in total. The number of nitrogens with one attached hydrogen (secondary N) is 1. The summed E-state index contributed by atoms with van der Waals surface area (Å²) in [5.41, 5.74) is -0.608. The van der Waals surface area contributed by atoms with Gasteiger partial charge in [0.1, 0.15) is 5.82 Å². The van der Waals surface area contributed by atoms with Crippen LogP contribution in [0.2, 0.25) is 0 Å². The van der Waals surface area contributed by atoms with E-state index in [9.17, 15) is 27.2 Å². The summed E-state index contributed by atoms with van der Waals surface area (Å²) in [6.07, 6.45) is -4.70. The summed E-state index contributed by atoms with van der Waals surface area (Å²) in [6, 6.07) is 18.5. The number of nitrogens with zero attached hydrogens (tertiary/aromatic N) is 3. The van der Waals surface area contributed by atoms with E-state index in [1.54, 1.807) is 30.3 Å². The van der Waals surface area contributed by atoms with Gasteiger partial charge in [0.2, 0.25) is 0 Å². The maximum Gasteiger partial charge on any atom is 0.417 e. The molecule has 1 amide bonds. The van der Waals surface area contributed by atoms with E-state index in [2.05, 4.69) is 15.5 Å². The molecule has 0 radical (unpaired) electrons. The molecule has 0 atom stereocenters. The molecule has 0 saturated carbocycles. The molecule has 1 N–H and O–H groups in total. The van der Waals surface area contributed by atoms with Crippen molar-refractivity contribution < 1.29 is 27.2 Å². The molecule has 11 heteroatoms. The van der Waals surface area contributed by atoms with Crippen LogP contribution in [0, 0.1) is 5.82 Å². The van der Waals surface area contributed by atoms with Crippen molar-refractivity contribution in [3.05, 3.63) is 107 Å². The number of benzene rings is 3. The molecule has 0 saturated heterocycles. The van der Waals surface area contributed by atoms with Gasteiger partial charge in [-0.3, -0.25) is 14.2 Å². The van der Waals surface area contributed by atoms with E-state index in [0.29, 0.717) is 16.4 Å². The summed E-state index contributed by atoms with van der Waals surface area (Å²) in [7, 11) is 0. The van der Waals surface area contributed by atoms with Crippen molar-refractivity contribution in [1.29, 1.82) is 0 Å². The van der Waals surface area contributed by atoms with Crippen LogP contribution in [0.3, 0.4) is 0 Å². The fourth-order valence-electron chi connectivity index (χ4n) is 3.38. The van der Waals surface area contributed by atoms with Crippen LogP contribution in [0.4, 0.5) is 17.6 Å². The average Bonchev–Trinajstić information content (AvgIpc) is 3.29. The molecule has 4 rings (SSSR count).